The van der Waals surface area contributed by atoms with Crippen molar-refractivity contribution in [1.29, 1.82) is 0 Å². The van der Waals surface area contributed by atoms with Gasteiger partial charge in [0.15, 0.2) is 16.7 Å². The highest BCUT2D eigenvalue weighted by Gasteiger charge is 2.38. The van der Waals surface area contributed by atoms with Crippen molar-refractivity contribution in [1.82, 2.24) is 14.7 Å². The van der Waals surface area contributed by atoms with Crippen LogP contribution in [0.15, 0.2) is 46.3 Å². The molecule has 14 heteroatoms. The molecular formula is C31H34F6N4O3S. The Kier molecular flexibility index (Phi) is 10.0. The van der Waals surface area contributed by atoms with E-state index in [4.69, 9.17) is 9.47 Å². The number of halogens is 6. The summed E-state index contributed by atoms with van der Waals surface area (Å²) in [5.41, 5.74) is -2.70. The minimum Gasteiger partial charge on any atom is -0.493 e. The standard InChI is InChI=1S/C31H34F6N4O3S/c1-39-9-7-20(8-10-39)18-40-11-13-41(14-12-40)29-38-28(42)27(45-29)16-21-3-6-25(26(15-21)43-2)44-19-22-4-5-23(30(32,33)34)17-24(22)31(35,36)37/h3-6,15-17,20H,7-14,18-19H2,1-2H3/b27-16-. The molecule has 0 aliphatic carbocycles. The lowest BCUT2D eigenvalue weighted by Crippen LogP contribution is -2.49. The number of likely N-dealkylation sites (tertiary alicyclic amines) is 1. The Bertz CT molecular complexity index is 1450. The second-order valence-electron chi connectivity index (χ2n) is 11.4. The number of carbonyl (C=O) groups excluding carboxylic acids is 1. The van der Waals surface area contributed by atoms with Gasteiger partial charge in [0.1, 0.15) is 6.61 Å². The van der Waals surface area contributed by atoms with Gasteiger partial charge in [-0.25, -0.2) is 0 Å². The molecule has 0 saturated carbocycles. The number of alkyl halides is 6. The SMILES string of the molecule is COc1cc(/C=C2\SC(N3CCN(CC4CCN(C)CC4)CC3)=NC2=O)ccc1OCc1ccc(C(F)(F)F)cc1C(F)(F)F. The second-order valence-corrected chi connectivity index (χ2v) is 12.4. The Balaban J connectivity index is 1.19. The topological polar surface area (TPSA) is 57.6 Å². The highest BCUT2D eigenvalue weighted by atomic mass is 32.2. The van der Waals surface area contributed by atoms with Crippen LogP contribution in [-0.2, 0) is 23.8 Å². The molecule has 7 nitrogen and oxygen atoms in total. The molecule has 2 aromatic carbocycles. The van der Waals surface area contributed by atoms with E-state index in [1.165, 1.54) is 37.8 Å². The molecule has 3 aliphatic heterocycles. The third-order valence-corrected chi connectivity index (χ3v) is 9.26. The summed E-state index contributed by atoms with van der Waals surface area (Å²) in [7, 11) is 3.51. The summed E-state index contributed by atoms with van der Waals surface area (Å²) in [6, 6.07) is 6.06. The van der Waals surface area contributed by atoms with Gasteiger partial charge >= 0.3 is 12.4 Å². The summed E-state index contributed by atoms with van der Waals surface area (Å²) in [6.07, 6.45) is -5.83. The maximum absolute atomic E-state index is 13.5. The Morgan fingerprint density at radius 3 is 2.29 bits per heavy atom. The van der Waals surface area contributed by atoms with Crippen molar-refractivity contribution in [2.24, 2.45) is 10.9 Å². The van der Waals surface area contributed by atoms with E-state index in [2.05, 4.69) is 26.7 Å². The van der Waals surface area contributed by atoms with Gasteiger partial charge in [-0.05, 0) is 86.6 Å². The average Bonchev–Trinajstić information content (AvgIpc) is 3.36. The molecule has 45 heavy (non-hydrogen) atoms. The van der Waals surface area contributed by atoms with Gasteiger partial charge in [0.05, 0.1) is 23.1 Å². The van der Waals surface area contributed by atoms with Gasteiger partial charge in [0.25, 0.3) is 5.91 Å². The van der Waals surface area contributed by atoms with Crippen molar-refractivity contribution in [2.45, 2.75) is 31.8 Å². The van der Waals surface area contributed by atoms with Crippen LogP contribution >= 0.6 is 11.8 Å². The fourth-order valence-electron chi connectivity index (χ4n) is 5.61. The molecule has 0 aromatic heterocycles. The smallest absolute Gasteiger partial charge is 0.416 e. The lowest BCUT2D eigenvalue weighted by atomic mass is 9.96. The van der Waals surface area contributed by atoms with Crippen LogP contribution in [0, 0.1) is 5.92 Å². The van der Waals surface area contributed by atoms with Crippen molar-refractivity contribution in [3.05, 3.63) is 63.6 Å². The molecule has 0 unspecified atom stereocenters. The zero-order chi connectivity index (χ0) is 32.4. The molecule has 0 radical (unpaired) electrons. The number of nitrogens with zero attached hydrogens (tertiary/aromatic N) is 4. The number of aliphatic imine (C=N–C) groups is 1. The summed E-state index contributed by atoms with van der Waals surface area (Å²) in [5, 5.41) is 0.661. The molecule has 3 heterocycles. The molecule has 1 amide bonds. The third kappa shape index (κ3) is 8.33. The number of carbonyl (C=O) groups is 1. The number of thioether (sulfide) groups is 1. The van der Waals surface area contributed by atoms with Gasteiger partial charge in [-0.15, -0.1) is 0 Å². The maximum Gasteiger partial charge on any atom is 0.416 e. The molecule has 5 rings (SSSR count). The van der Waals surface area contributed by atoms with Gasteiger partial charge in [0, 0.05) is 38.3 Å². The van der Waals surface area contributed by atoms with E-state index in [1.807, 2.05) is 0 Å². The van der Waals surface area contributed by atoms with E-state index in [0.717, 1.165) is 57.8 Å². The Morgan fingerprint density at radius 2 is 1.64 bits per heavy atom. The normalized spacial score (nSPS) is 20.2. The highest BCUT2D eigenvalue weighted by molar-refractivity contribution is 8.18. The van der Waals surface area contributed by atoms with E-state index >= 15 is 0 Å². The number of rotatable bonds is 7. The molecule has 2 aromatic rings. The minimum atomic E-state index is -5.01. The van der Waals surface area contributed by atoms with Crippen molar-refractivity contribution in [3.63, 3.8) is 0 Å². The molecule has 244 valence electrons. The summed E-state index contributed by atoms with van der Waals surface area (Å²) in [6.45, 7) is 6.14. The molecule has 0 atom stereocenters. The Hall–Kier alpha value is -3.23. The van der Waals surface area contributed by atoms with E-state index in [9.17, 15) is 31.1 Å². The van der Waals surface area contributed by atoms with E-state index in [0.29, 0.717) is 21.7 Å². The van der Waals surface area contributed by atoms with Crippen molar-refractivity contribution >= 4 is 28.9 Å². The summed E-state index contributed by atoms with van der Waals surface area (Å²) in [5.74, 6) is 0.637. The van der Waals surface area contributed by atoms with Gasteiger partial charge in [-0.2, -0.15) is 31.3 Å². The first-order chi connectivity index (χ1) is 21.3. The van der Waals surface area contributed by atoms with Gasteiger partial charge < -0.3 is 19.3 Å². The number of amides is 1. The van der Waals surface area contributed by atoms with Crippen LogP contribution in [-0.4, -0.2) is 85.7 Å². The predicted octanol–water partition coefficient (Wildman–Crippen LogP) is 6.24. The molecule has 2 saturated heterocycles. The lowest BCUT2D eigenvalue weighted by molar-refractivity contribution is -0.143. The number of hydrogen-bond acceptors (Lipinski definition) is 7. The van der Waals surface area contributed by atoms with Crippen molar-refractivity contribution in [3.8, 4) is 11.5 Å². The fraction of sp³-hybridized carbons (Fsp3) is 0.484. The van der Waals surface area contributed by atoms with Gasteiger partial charge in [0.2, 0.25) is 0 Å². The van der Waals surface area contributed by atoms with Gasteiger partial charge in [-0.1, -0.05) is 12.1 Å². The predicted molar refractivity (Wildman–Crippen MR) is 160 cm³/mol. The van der Waals surface area contributed by atoms with Crippen LogP contribution in [0.3, 0.4) is 0 Å². The maximum atomic E-state index is 13.5. The molecule has 0 spiro atoms. The fourth-order valence-corrected chi connectivity index (χ4v) is 6.57. The van der Waals surface area contributed by atoms with Gasteiger partial charge in [-0.3, -0.25) is 9.69 Å². The van der Waals surface area contributed by atoms with Crippen LogP contribution in [0.2, 0.25) is 0 Å². The van der Waals surface area contributed by atoms with Crippen molar-refractivity contribution in [2.75, 3.05) is 60.0 Å². The van der Waals surface area contributed by atoms with Crippen LogP contribution in [0.5, 0.6) is 11.5 Å². The molecule has 0 N–H and O–H groups in total. The summed E-state index contributed by atoms with van der Waals surface area (Å²) < 4.78 is 90.5. The lowest BCUT2D eigenvalue weighted by Gasteiger charge is -2.38. The zero-order valence-corrected chi connectivity index (χ0v) is 25.7. The second kappa shape index (κ2) is 13.6. The van der Waals surface area contributed by atoms with Crippen LogP contribution in [0.1, 0.15) is 35.1 Å². The van der Waals surface area contributed by atoms with E-state index < -0.39 is 35.6 Å². The number of methoxy groups -OCH3 is 1. The zero-order valence-electron chi connectivity index (χ0n) is 24.9. The molecule has 2 fully saturated rings. The Labute approximate surface area is 261 Å². The van der Waals surface area contributed by atoms with Crippen LogP contribution in [0.25, 0.3) is 6.08 Å². The summed E-state index contributed by atoms with van der Waals surface area (Å²) in [4.78, 5) is 24.4. The van der Waals surface area contributed by atoms with Crippen molar-refractivity contribution < 1.29 is 40.6 Å². The number of piperidine rings is 1. The number of ether oxygens (including phenoxy) is 2. The van der Waals surface area contributed by atoms with E-state index in [-0.39, 0.29) is 23.5 Å². The largest absolute Gasteiger partial charge is 0.493 e. The van der Waals surface area contributed by atoms with Crippen LogP contribution in [0.4, 0.5) is 26.3 Å². The molecule has 3 aliphatic rings. The number of benzene rings is 2. The number of piperazine rings is 1. The number of amidine groups is 1. The number of hydrogen-bond donors (Lipinski definition) is 0. The van der Waals surface area contributed by atoms with Crippen LogP contribution < -0.4 is 9.47 Å². The monoisotopic (exact) mass is 656 g/mol. The molecular weight excluding hydrogens is 622 g/mol. The third-order valence-electron chi connectivity index (χ3n) is 8.22. The highest BCUT2D eigenvalue weighted by Crippen LogP contribution is 2.39. The van der Waals surface area contributed by atoms with E-state index in [1.54, 1.807) is 18.2 Å². The molecule has 0 bridgehead atoms. The first-order valence-electron chi connectivity index (χ1n) is 14.6. The summed E-state index contributed by atoms with van der Waals surface area (Å²) >= 11 is 1.29. The minimum absolute atomic E-state index is 0.0776. The average molecular weight is 657 g/mol. The first kappa shape index (κ1) is 33.1. The quantitative estimate of drug-likeness (QED) is 0.258. The first-order valence-corrected chi connectivity index (χ1v) is 15.4. The Morgan fingerprint density at radius 1 is 0.933 bits per heavy atom.